The van der Waals surface area contributed by atoms with Gasteiger partial charge in [0.25, 0.3) is 0 Å². The predicted octanol–water partition coefficient (Wildman–Crippen LogP) is 4.00. The van der Waals surface area contributed by atoms with E-state index in [1.807, 2.05) is 0 Å². The van der Waals surface area contributed by atoms with Crippen molar-refractivity contribution < 1.29 is 5.11 Å². The molecule has 1 aliphatic rings. The van der Waals surface area contributed by atoms with E-state index in [9.17, 15) is 0 Å². The number of hydrogen-bond acceptors (Lipinski definition) is 1. The van der Waals surface area contributed by atoms with Crippen molar-refractivity contribution >= 4 is 0 Å². The largest absolute Gasteiger partial charge is 0.396 e. The van der Waals surface area contributed by atoms with Crippen molar-refractivity contribution in [3.8, 4) is 11.8 Å². The van der Waals surface area contributed by atoms with Crippen molar-refractivity contribution in [1.29, 1.82) is 0 Å². The van der Waals surface area contributed by atoms with Crippen molar-refractivity contribution in [3.63, 3.8) is 0 Å². The van der Waals surface area contributed by atoms with Gasteiger partial charge in [-0.25, -0.2) is 0 Å². The third kappa shape index (κ3) is 5.59. The van der Waals surface area contributed by atoms with E-state index in [2.05, 4.69) is 39.5 Å². The zero-order valence-corrected chi connectivity index (χ0v) is 12.0. The summed E-state index contributed by atoms with van der Waals surface area (Å²) in [5.74, 6) is 7.44. The van der Waals surface area contributed by atoms with Gasteiger partial charge in [0.15, 0.2) is 0 Å². The first-order valence-corrected chi connectivity index (χ1v) is 6.96. The van der Waals surface area contributed by atoms with E-state index >= 15 is 0 Å². The third-order valence-electron chi connectivity index (χ3n) is 3.74. The first-order valence-electron chi connectivity index (χ1n) is 6.96. The van der Waals surface area contributed by atoms with Crippen LogP contribution in [-0.2, 0) is 0 Å². The molecule has 17 heavy (non-hydrogen) atoms. The summed E-state index contributed by atoms with van der Waals surface area (Å²) in [5.41, 5.74) is 0.490. The predicted molar refractivity (Wildman–Crippen MR) is 73.6 cm³/mol. The minimum atomic E-state index is 0.128. The van der Waals surface area contributed by atoms with Crippen molar-refractivity contribution in [2.75, 3.05) is 6.61 Å². The Hall–Kier alpha value is -0.480. The molecule has 1 nitrogen and oxygen atoms in total. The van der Waals surface area contributed by atoms with Crippen LogP contribution in [0.25, 0.3) is 0 Å². The SMILES string of the molecule is CC(C)(C)C#CCC1CCCC(C)(CCO)C1. The standard InChI is InChI=1S/C16H28O/c1-15(2,3)9-5-7-14-8-6-10-16(4,13-14)11-12-17/h14,17H,6-8,10-13H2,1-4H3. The second kappa shape index (κ2) is 5.91. The Bertz CT molecular complexity index is 285. The summed E-state index contributed by atoms with van der Waals surface area (Å²) < 4.78 is 0. The molecule has 0 bridgehead atoms. The van der Waals surface area contributed by atoms with Crippen LogP contribution in [0.5, 0.6) is 0 Å². The van der Waals surface area contributed by atoms with Gasteiger partial charge in [0.2, 0.25) is 0 Å². The summed E-state index contributed by atoms with van der Waals surface area (Å²) in [5, 5.41) is 9.12. The summed E-state index contributed by atoms with van der Waals surface area (Å²) in [6, 6.07) is 0. The van der Waals surface area contributed by atoms with Gasteiger partial charge in [0, 0.05) is 18.4 Å². The van der Waals surface area contributed by atoms with Crippen LogP contribution in [0.4, 0.5) is 0 Å². The zero-order valence-electron chi connectivity index (χ0n) is 12.0. The van der Waals surface area contributed by atoms with Crippen LogP contribution in [0.1, 0.15) is 66.2 Å². The minimum absolute atomic E-state index is 0.128. The van der Waals surface area contributed by atoms with Crippen molar-refractivity contribution in [2.45, 2.75) is 66.2 Å². The molecule has 1 heteroatoms. The zero-order chi connectivity index (χ0) is 12.9. The quantitative estimate of drug-likeness (QED) is 0.734. The van der Waals surface area contributed by atoms with Crippen molar-refractivity contribution in [1.82, 2.24) is 0 Å². The highest BCUT2D eigenvalue weighted by atomic mass is 16.3. The molecular weight excluding hydrogens is 208 g/mol. The van der Waals surface area contributed by atoms with Crippen LogP contribution in [0.3, 0.4) is 0 Å². The fourth-order valence-electron chi connectivity index (χ4n) is 2.85. The molecule has 98 valence electrons. The van der Waals surface area contributed by atoms with Crippen LogP contribution in [0.15, 0.2) is 0 Å². The fourth-order valence-corrected chi connectivity index (χ4v) is 2.85. The molecule has 0 amide bonds. The van der Waals surface area contributed by atoms with Gasteiger partial charge >= 0.3 is 0 Å². The van der Waals surface area contributed by atoms with E-state index in [0.29, 0.717) is 12.0 Å². The van der Waals surface area contributed by atoms with E-state index < -0.39 is 0 Å². The van der Waals surface area contributed by atoms with Crippen LogP contribution in [-0.4, -0.2) is 11.7 Å². The number of aliphatic hydroxyl groups excluding tert-OH is 1. The normalized spacial score (nSPS) is 29.6. The summed E-state index contributed by atoms with van der Waals surface area (Å²) >= 11 is 0. The number of rotatable bonds is 3. The molecule has 0 aromatic carbocycles. The Labute approximate surface area is 107 Å². The molecule has 2 atom stereocenters. The van der Waals surface area contributed by atoms with Crippen molar-refractivity contribution in [3.05, 3.63) is 0 Å². The molecule has 0 aromatic rings. The molecule has 1 saturated carbocycles. The van der Waals surface area contributed by atoms with Gasteiger partial charge in [0.05, 0.1) is 0 Å². The van der Waals surface area contributed by atoms with Gasteiger partial charge in [-0.3, -0.25) is 0 Å². The van der Waals surface area contributed by atoms with Crippen molar-refractivity contribution in [2.24, 2.45) is 16.7 Å². The summed E-state index contributed by atoms with van der Waals surface area (Å²) in [6.45, 7) is 9.15. The van der Waals surface area contributed by atoms with Crippen LogP contribution in [0.2, 0.25) is 0 Å². The summed E-state index contributed by atoms with van der Waals surface area (Å²) in [7, 11) is 0. The molecule has 1 N–H and O–H groups in total. The molecule has 0 heterocycles. The minimum Gasteiger partial charge on any atom is -0.396 e. The first kappa shape index (κ1) is 14.6. The Balaban J connectivity index is 2.47. The van der Waals surface area contributed by atoms with E-state index in [1.54, 1.807) is 0 Å². The highest BCUT2D eigenvalue weighted by molar-refractivity contribution is 5.08. The highest BCUT2D eigenvalue weighted by Gasteiger charge is 2.31. The molecule has 1 fully saturated rings. The van der Waals surface area contributed by atoms with Gasteiger partial charge < -0.3 is 5.11 Å². The van der Waals surface area contributed by atoms with E-state index in [-0.39, 0.29) is 5.41 Å². The smallest absolute Gasteiger partial charge is 0.0436 e. The molecule has 0 saturated heterocycles. The molecule has 0 spiro atoms. The Morgan fingerprint density at radius 3 is 2.65 bits per heavy atom. The number of hydrogen-bond donors (Lipinski definition) is 1. The topological polar surface area (TPSA) is 20.2 Å². The molecule has 0 aliphatic heterocycles. The lowest BCUT2D eigenvalue weighted by molar-refractivity contribution is 0.116. The molecule has 1 aliphatic carbocycles. The first-order chi connectivity index (χ1) is 7.85. The average molecular weight is 236 g/mol. The highest BCUT2D eigenvalue weighted by Crippen LogP contribution is 2.42. The molecule has 1 rings (SSSR count). The maximum absolute atomic E-state index is 9.12. The second-order valence-corrected chi connectivity index (χ2v) is 7.00. The van der Waals surface area contributed by atoms with E-state index in [1.165, 1.54) is 25.7 Å². The molecular formula is C16H28O. The van der Waals surface area contributed by atoms with Crippen LogP contribution < -0.4 is 0 Å². The monoisotopic (exact) mass is 236 g/mol. The van der Waals surface area contributed by atoms with Gasteiger partial charge in [0.1, 0.15) is 0 Å². The lowest BCUT2D eigenvalue weighted by Gasteiger charge is -2.37. The van der Waals surface area contributed by atoms with Gasteiger partial charge in [-0.05, 0) is 57.8 Å². The molecule has 0 aromatic heterocycles. The Morgan fingerprint density at radius 2 is 2.06 bits per heavy atom. The average Bonchev–Trinajstić information content (AvgIpc) is 2.15. The van der Waals surface area contributed by atoms with Crippen LogP contribution >= 0.6 is 0 Å². The fraction of sp³-hybridized carbons (Fsp3) is 0.875. The van der Waals surface area contributed by atoms with Crippen LogP contribution in [0, 0.1) is 28.6 Å². The maximum Gasteiger partial charge on any atom is 0.0436 e. The maximum atomic E-state index is 9.12. The third-order valence-corrected chi connectivity index (χ3v) is 3.74. The Morgan fingerprint density at radius 1 is 1.35 bits per heavy atom. The lowest BCUT2D eigenvalue weighted by atomic mass is 9.68. The summed E-state index contributed by atoms with van der Waals surface area (Å²) in [4.78, 5) is 0. The lowest BCUT2D eigenvalue weighted by Crippen LogP contribution is -2.26. The summed E-state index contributed by atoms with van der Waals surface area (Å²) in [6.07, 6.45) is 7.13. The van der Waals surface area contributed by atoms with E-state index in [0.717, 1.165) is 18.8 Å². The van der Waals surface area contributed by atoms with Gasteiger partial charge in [-0.15, -0.1) is 5.92 Å². The van der Waals surface area contributed by atoms with Gasteiger partial charge in [-0.1, -0.05) is 19.3 Å². The van der Waals surface area contributed by atoms with Gasteiger partial charge in [-0.2, -0.15) is 0 Å². The van der Waals surface area contributed by atoms with E-state index in [4.69, 9.17) is 5.11 Å². The number of aliphatic hydroxyl groups is 1. The molecule has 2 unspecified atom stereocenters. The Kier molecular flexibility index (Phi) is 5.07. The molecule has 0 radical (unpaired) electrons. The second-order valence-electron chi connectivity index (χ2n) is 7.00.